The van der Waals surface area contributed by atoms with Crippen molar-refractivity contribution in [2.45, 2.75) is 11.8 Å². The SMILES string of the molecule is N#CC(CCCl)(c1ccccc1)c1cccnc1. The Morgan fingerprint density at radius 3 is 2.39 bits per heavy atom. The molecule has 2 nitrogen and oxygen atoms in total. The van der Waals surface area contributed by atoms with E-state index in [-0.39, 0.29) is 0 Å². The van der Waals surface area contributed by atoms with Crippen LogP contribution in [0.25, 0.3) is 0 Å². The lowest BCUT2D eigenvalue weighted by atomic mass is 9.74. The zero-order chi connectivity index (χ0) is 12.8. The fourth-order valence-electron chi connectivity index (χ4n) is 2.12. The summed E-state index contributed by atoms with van der Waals surface area (Å²) in [4.78, 5) is 4.11. The van der Waals surface area contributed by atoms with Gasteiger partial charge in [0.25, 0.3) is 0 Å². The molecular formula is C15H13ClN2. The molecule has 1 aromatic heterocycles. The summed E-state index contributed by atoms with van der Waals surface area (Å²) in [5.74, 6) is 0.428. The van der Waals surface area contributed by atoms with Crippen LogP contribution >= 0.6 is 11.6 Å². The summed E-state index contributed by atoms with van der Waals surface area (Å²) in [6.45, 7) is 0. The van der Waals surface area contributed by atoms with Gasteiger partial charge in [-0.25, -0.2) is 0 Å². The molecule has 1 heterocycles. The first-order valence-corrected chi connectivity index (χ1v) is 6.30. The number of hydrogen-bond acceptors (Lipinski definition) is 2. The molecule has 0 bridgehead atoms. The summed E-state index contributed by atoms with van der Waals surface area (Å²) < 4.78 is 0. The fraction of sp³-hybridized carbons (Fsp3) is 0.200. The minimum Gasteiger partial charge on any atom is -0.264 e. The van der Waals surface area contributed by atoms with Crippen LogP contribution in [0.2, 0.25) is 0 Å². The number of pyridine rings is 1. The molecule has 0 saturated heterocycles. The average molecular weight is 257 g/mol. The second-order valence-corrected chi connectivity index (χ2v) is 4.44. The Balaban J connectivity index is 2.58. The van der Waals surface area contributed by atoms with Crippen LogP contribution in [-0.2, 0) is 5.41 Å². The number of halogens is 1. The van der Waals surface area contributed by atoms with E-state index in [2.05, 4.69) is 11.1 Å². The minimum absolute atomic E-state index is 0.428. The van der Waals surface area contributed by atoms with Crippen LogP contribution in [-0.4, -0.2) is 10.9 Å². The first-order chi connectivity index (χ1) is 8.83. The third-order valence-corrected chi connectivity index (χ3v) is 3.27. The lowest BCUT2D eigenvalue weighted by Crippen LogP contribution is -2.26. The number of nitriles is 1. The maximum atomic E-state index is 9.68. The summed E-state index contributed by atoms with van der Waals surface area (Å²) >= 11 is 5.89. The van der Waals surface area contributed by atoms with Crippen LogP contribution < -0.4 is 0 Å². The van der Waals surface area contributed by atoms with Gasteiger partial charge >= 0.3 is 0 Å². The van der Waals surface area contributed by atoms with Crippen molar-refractivity contribution >= 4 is 11.6 Å². The Labute approximate surface area is 112 Å². The van der Waals surface area contributed by atoms with Gasteiger partial charge in [0, 0.05) is 18.3 Å². The highest BCUT2D eigenvalue weighted by molar-refractivity contribution is 6.18. The Morgan fingerprint density at radius 1 is 1.11 bits per heavy atom. The number of benzene rings is 1. The van der Waals surface area contributed by atoms with E-state index in [4.69, 9.17) is 11.6 Å². The van der Waals surface area contributed by atoms with Crippen LogP contribution in [0.1, 0.15) is 17.5 Å². The molecule has 0 fully saturated rings. The minimum atomic E-state index is -0.711. The van der Waals surface area contributed by atoms with Crippen LogP contribution in [0.15, 0.2) is 54.9 Å². The fourth-order valence-corrected chi connectivity index (χ4v) is 2.40. The van der Waals surface area contributed by atoms with E-state index in [0.717, 1.165) is 11.1 Å². The van der Waals surface area contributed by atoms with Crippen molar-refractivity contribution in [3.05, 3.63) is 66.0 Å². The molecule has 18 heavy (non-hydrogen) atoms. The molecule has 0 aliphatic carbocycles. The number of alkyl halides is 1. The lowest BCUT2D eigenvalue weighted by Gasteiger charge is -2.26. The van der Waals surface area contributed by atoms with Crippen molar-refractivity contribution in [1.82, 2.24) is 4.98 Å². The Morgan fingerprint density at radius 2 is 1.83 bits per heavy atom. The van der Waals surface area contributed by atoms with Crippen molar-refractivity contribution < 1.29 is 0 Å². The van der Waals surface area contributed by atoms with E-state index >= 15 is 0 Å². The lowest BCUT2D eigenvalue weighted by molar-refractivity contribution is 0.633. The van der Waals surface area contributed by atoms with Crippen molar-refractivity contribution in [2.75, 3.05) is 5.88 Å². The Hall–Kier alpha value is -1.85. The predicted octanol–water partition coefficient (Wildman–Crippen LogP) is 3.52. The number of rotatable bonds is 4. The van der Waals surface area contributed by atoms with Gasteiger partial charge in [0.2, 0.25) is 0 Å². The zero-order valence-corrected chi connectivity index (χ0v) is 10.6. The van der Waals surface area contributed by atoms with Crippen molar-refractivity contribution in [2.24, 2.45) is 0 Å². The Kier molecular flexibility index (Phi) is 3.96. The highest BCUT2D eigenvalue weighted by Crippen LogP contribution is 2.34. The molecule has 1 atom stereocenters. The molecule has 90 valence electrons. The van der Waals surface area contributed by atoms with E-state index in [1.54, 1.807) is 12.4 Å². The molecule has 1 aromatic carbocycles. The smallest absolute Gasteiger partial charge is 0.110 e. The maximum Gasteiger partial charge on any atom is 0.110 e. The van der Waals surface area contributed by atoms with Crippen LogP contribution in [0.4, 0.5) is 0 Å². The van der Waals surface area contributed by atoms with Gasteiger partial charge in [-0.15, -0.1) is 11.6 Å². The molecule has 0 aliphatic rings. The van der Waals surface area contributed by atoms with E-state index in [9.17, 15) is 5.26 Å². The molecule has 0 amide bonds. The van der Waals surface area contributed by atoms with Gasteiger partial charge in [0.15, 0.2) is 0 Å². The normalized spacial score (nSPS) is 13.6. The number of nitrogens with zero attached hydrogens (tertiary/aromatic N) is 2. The summed E-state index contributed by atoms with van der Waals surface area (Å²) in [6.07, 6.45) is 4.01. The quantitative estimate of drug-likeness (QED) is 0.785. The highest BCUT2D eigenvalue weighted by Gasteiger charge is 2.33. The third-order valence-electron chi connectivity index (χ3n) is 3.08. The number of aromatic nitrogens is 1. The van der Waals surface area contributed by atoms with Gasteiger partial charge in [-0.2, -0.15) is 5.26 Å². The van der Waals surface area contributed by atoms with E-state index < -0.39 is 5.41 Å². The van der Waals surface area contributed by atoms with Crippen molar-refractivity contribution in [3.8, 4) is 6.07 Å². The third kappa shape index (κ3) is 2.23. The van der Waals surface area contributed by atoms with Gasteiger partial charge in [0.05, 0.1) is 6.07 Å². The second kappa shape index (κ2) is 5.66. The summed E-state index contributed by atoms with van der Waals surface area (Å²) in [6, 6.07) is 15.9. The monoisotopic (exact) mass is 256 g/mol. The van der Waals surface area contributed by atoms with Crippen LogP contribution in [0, 0.1) is 11.3 Å². The predicted molar refractivity (Wildman–Crippen MR) is 72.4 cm³/mol. The van der Waals surface area contributed by atoms with E-state index in [1.165, 1.54) is 0 Å². The van der Waals surface area contributed by atoms with E-state index in [1.807, 2.05) is 42.5 Å². The molecule has 0 spiro atoms. The first kappa shape index (κ1) is 12.6. The van der Waals surface area contributed by atoms with Crippen molar-refractivity contribution in [1.29, 1.82) is 5.26 Å². The van der Waals surface area contributed by atoms with Gasteiger partial charge in [-0.05, 0) is 23.6 Å². The molecule has 3 heteroatoms. The van der Waals surface area contributed by atoms with Gasteiger partial charge < -0.3 is 0 Å². The Bertz CT molecular complexity index is 492. The number of hydrogen-bond donors (Lipinski definition) is 0. The van der Waals surface area contributed by atoms with Crippen molar-refractivity contribution in [3.63, 3.8) is 0 Å². The molecule has 0 aliphatic heterocycles. The first-order valence-electron chi connectivity index (χ1n) is 5.77. The van der Waals surface area contributed by atoms with Crippen LogP contribution in [0.3, 0.4) is 0 Å². The second-order valence-electron chi connectivity index (χ2n) is 4.06. The summed E-state index contributed by atoms with van der Waals surface area (Å²) in [7, 11) is 0. The molecule has 1 unspecified atom stereocenters. The molecule has 2 rings (SSSR count). The van der Waals surface area contributed by atoms with Gasteiger partial charge in [-0.1, -0.05) is 36.4 Å². The molecule has 0 radical (unpaired) electrons. The molecular weight excluding hydrogens is 244 g/mol. The topological polar surface area (TPSA) is 36.7 Å². The highest BCUT2D eigenvalue weighted by atomic mass is 35.5. The summed E-state index contributed by atoms with van der Waals surface area (Å²) in [5.41, 5.74) is 1.14. The standard InChI is InChI=1S/C15H13ClN2/c16-9-8-15(12-17,13-5-2-1-3-6-13)14-7-4-10-18-11-14/h1-7,10-11H,8-9H2. The van der Waals surface area contributed by atoms with E-state index in [0.29, 0.717) is 12.3 Å². The summed E-state index contributed by atoms with van der Waals surface area (Å²) in [5, 5.41) is 9.68. The molecule has 0 N–H and O–H groups in total. The molecule has 2 aromatic rings. The van der Waals surface area contributed by atoms with Gasteiger partial charge in [-0.3, -0.25) is 4.98 Å². The zero-order valence-electron chi connectivity index (χ0n) is 9.88. The average Bonchev–Trinajstić information content (AvgIpc) is 2.47. The maximum absolute atomic E-state index is 9.68. The molecule has 0 saturated carbocycles. The van der Waals surface area contributed by atoms with Gasteiger partial charge in [0.1, 0.15) is 5.41 Å². The largest absolute Gasteiger partial charge is 0.264 e. The van der Waals surface area contributed by atoms with Crippen LogP contribution in [0.5, 0.6) is 0 Å².